The van der Waals surface area contributed by atoms with Crippen LogP contribution in [0, 0.1) is 17.5 Å². The number of carbonyl (C=O) groups is 1. The molecule has 186 valence electrons. The van der Waals surface area contributed by atoms with E-state index < -0.39 is 28.9 Å². The summed E-state index contributed by atoms with van der Waals surface area (Å²) in [5.41, 5.74) is 0.654. The number of nitrogens with one attached hydrogen (secondary N) is 1. The predicted octanol–water partition coefficient (Wildman–Crippen LogP) is 6.33. The molecule has 1 amide bonds. The normalized spacial score (nSPS) is 12.7. The van der Waals surface area contributed by atoms with Crippen LogP contribution in [0.15, 0.2) is 78.0 Å². The number of thioether (sulfide) groups is 1. The molecule has 0 spiro atoms. The third-order valence-electron chi connectivity index (χ3n) is 5.26. The molecule has 2 atom stereocenters. The van der Waals surface area contributed by atoms with E-state index in [4.69, 9.17) is 4.74 Å². The Hall–Kier alpha value is -3.79. The number of rotatable bonds is 9. The molecule has 0 aliphatic heterocycles. The smallest absolute Gasteiger partial charge is 0.238 e. The van der Waals surface area contributed by atoms with Crippen molar-refractivity contribution in [2.45, 2.75) is 36.8 Å². The van der Waals surface area contributed by atoms with Crippen LogP contribution in [-0.4, -0.2) is 25.9 Å². The van der Waals surface area contributed by atoms with Gasteiger partial charge >= 0.3 is 0 Å². The van der Waals surface area contributed by atoms with E-state index in [-0.39, 0.29) is 11.5 Å². The second-order valence-electron chi connectivity index (χ2n) is 7.85. The van der Waals surface area contributed by atoms with Crippen LogP contribution in [0.25, 0.3) is 5.69 Å². The van der Waals surface area contributed by atoms with Crippen LogP contribution in [0.1, 0.15) is 32.2 Å². The van der Waals surface area contributed by atoms with Gasteiger partial charge in [-0.3, -0.25) is 9.36 Å². The van der Waals surface area contributed by atoms with Gasteiger partial charge in [-0.2, -0.15) is 0 Å². The third-order valence-corrected chi connectivity index (χ3v) is 6.57. The molecule has 0 radical (unpaired) electrons. The van der Waals surface area contributed by atoms with Crippen molar-refractivity contribution in [3.05, 3.63) is 96.1 Å². The van der Waals surface area contributed by atoms with Crippen molar-refractivity contribution < 1.29 is 22.7 Å². The number of hydrogen-bond donors (Lipinski definition) is 1. The van der Waals surface area contributed by atoms with Crippen LogP contribution in [0.2, 0.25) is 0 Å². The standard InChI is InChI=1S/C26H23F3N4O2S/c1-3-23(25(34)30-22-14-11-18(28)15-21(22)29)36-26-32-31-24(33(26)19-7-5-4-6-8-19)16(2)35-20-12-9-17(27)10-13-20/h4-16,23H,3H2,1-2H3,(H,30,34). The molecule has 1 heterocycles. The van der Waals surface area contributed by atoms with Crippen molar-refractivity contribution in [2.24, 2.45) is 0 Å². The lowest BCUT2D eigenvalue weighted by Crippen LogP contribution is -2.25. The van der Waals surface area contributed by atoms with Gasteiger partial charge in [0.1, 0.15) is 23.2 Å². The van der Waals surface area contributed by atoms with E-state index in [1.165, 1.54) is 42.1 Å². The molecule has 1 aromatic heterocycles. The summed E-state index contributed by atoms with van der Waals surface area (Å²) in [6.07, 6.45) is -0.141. The quantitative estimate of drug-likeness (QED) is 0.265. The van der Waals surface area contributed by atoms with E-state index in [0.29, 0.717) is 29.2 Å². The molecule has 0 saturated carbocycles. The molecular formula is C26H23F3N4O2S. The summed E-state index contributed by atoms with van der Waals surface area (Å²) in [5.74, 6) is -1.46. The first-order valence-corrected chi connectivity index (χ1v) is 12.1. The molecule has 0 aliphatic rings. The fourth-order valence-corrected chi connectivity index (χ4v) is 4.44. The van der Waals surface area contributed by atoms with Gasteiger partial charge in [0.25, 0.3) is 0 Å². The number of aromatic nitrogens is 3. The average molecular weight is 513 g/mol. The molecule has 4 aromatic rings. The number of nitrogens with zero attached hydrogens (tertiary/aromatic N) is 3. The summed E-state index contributed by atoms with van der Waals surface area (Å²) >= 11 is 1.17. The summed E-state index contributed by atoms with van der Waals surface area (Å²) in [5, 5.41) is 10.9. The lowest BCUT2D eigenvalue weighted by Gasteiger charge is -2.18. The zero-order valence-electron chi connectivity index (χ0n) is 19.5. The summed E-state index contributed by atoms with van der Waals surface area (Å²) in [6, 6.07) is 18.0. The molecule has 4 rings (SSSR count). The van der Waals surface area contributed by atoms with Crippen molar-refractivity contribution >= 4 is 23.4 Å². The van der Waals surface area contributed by atoms with Crippen LogP contribution in [0.5, 0.6) is 5.75 Å². The van der Waals surface area contributed by atoms with E-state index in [1.807, 2.05) is 37.3 Å². The van der Waals surface area contributed by atoms with Crippen LogP contribution in [0.4, 0.5) is 18.9 Å². The Morgan fingerprint density at radius 3 is 2.36 bits per heavy atom. The number of ether oxygens (including phenoxy) is 1. The first kappa shape index (κ1) is 25.3. The van der Waals surface area contributed by atoms with Crippen molar-refractivity contribution in [1.29, 1.82) is 0 Å². The summed E-state index contributed by atoms with van der Waals surface area (Å²) < 4.78 is 48.3. The van der Waals surface area contributed by atoms with Gasteiger partial charge in [-0.05, 0) is 61.9 Å². The Morgan fingerprint density at radius 1 is 1.00 bits per heavy atom. The number of carbonyl (C=O) groups excluding carboxylic acids is 1. The Labute approximate surface area is 210 Å². The minimum Gasteiger partial charge on any atom is -0.483 e. The Kier molecular flexibility index (Phi) is 7.94. The minimum atomic E-state index is -0.857. The molecule has 2 unspecified atom stereocenters. The second-order valence-corrected chi connectivity index (χ2v) is 9.02. The zero-order chi connectivity index (χ0) is 25.7. The fourth-order valence-electron chi connectivity index (χ4n) is 3.46. The number of hydrogen-bond acceptors (Lipinski definition) is 5. The largest absolute Gasteiger partial charge is 0.483 e. The van der Waals surface area contributed by atoms with Gasteiger partial charge in [0, 0.05) is 11.8 Å². The maximum absolute atomic E-state index is 14.1. The topological polar surface area (TPSA) is 69.0 Å². The average Bonchev–Trinajstić information content (AvgIpc) is 3.30. The highest BCUT2D eigenvalue weighted by atomic mass is 32.2. The lowest BCUT2D eigenvalue weighted by molar-refractivity contribution is -0.115. The Morgan fingerprint density at radius 2 is 1.69 bits per heavy atom. The Bertz CT molecular complexity index is 1330. The van der Waals surface area contributed by atoms with Gasteiger partial charge in [-0.25, -0.2) is 13.2 Å². The molecule has 0 bridgehead atoms. The minimum absolute atomic E-state index is 0.105. The van der Waals surface area contributed by atoms with Gasteiger partial charge < -0.3 is 10.1 Å². The highest BCUT2D eigenvalue weighted by Crippen LogP contribution is 2.31. The van der Waals surface area contributed by atoms with Crippen molar-refractivity contribution in [1.82, 2.24) is 14.8 Å². The van der Waals surface area contributed by atoms with Gasteiger partial charge in [-0.1, -0.05) is 36.9 Å². The molecule has 0 fully saturated rings. The molecule has 10 heteroatoms. The molecule has 0 saturated heterocycles. The van der Waals surface area contributed by atoms with Crippen molar-refractivity contribution in [3.63, 3.8) is 0 Å². The molecule has 3 aromatic carbocycles. The Balaban J connectivity index is 1.61. The van der Waals surface area contributed by atoms with Crippen LogP contribution in [0.3, 0.4) is 0 Å². The van der Waals surface area contributed by atoms with E-state index in [2.05, 4.69) is 15.5 Å². The molecule has 1 N–H and O–H groups in total. The third kappa shape index (κ3) is 5.88. The number of amides is 1. The van der Waals surface area contributed by atoms with Gasteiger partial charge in [0.15, 0.2) is 17.1 Å². The number of anilines is 1. The van der Waals surface area contributed by atoms with E-state index in [0.717, 1.165) is 11.8 Å². The molecule has 36 heavy (non-hydrogen) atoms. The molecule has 0 aliphatic carbocycles. The van der Waals surface area contributed by atoms with Crippen LogP contribution in [-0.2, 0) is 4.79 Å². The molecule has 6 nitrogen and oxygen atoms in total. The summed E-state index contributed by atoms with van der Waals surface area (Å²) in [4.78, 5) is 12.9. The monoisotopic (exact) mass is 512 g/mol. The number of para-hydroxylation sites is 1. The van der Waals surface area contributed by atoms with Gasteiger partial charge in [-0.15, -0.1) is 10.2 Å². The van der Waals surface area contributed by atoms with Gasteiger partial charge in [0.05, 0.1) is 10.9 Å². The highest BCUT2D eigenvalue weighted by molar-refractivity contribution is 8.00. The number of halogens is 3. The van der Waals surface area contributed by atoms with E-state index >= 15 is 0 Å². The first-order chi connectivity index (χ1) is 17.4. The van der Waals surface area contributed by atoms with Crippen LogP contribution < -0.4 is 10.1 Å². The maximum atomic E-state index is 14.1. The number of benzene rings is 3. The van der Waals surface area contributed by atoms with Crippen molar-refractivity contribution in [3.8, 4) is 11.4 Å². The predicted molar refractivity (Wildman–Crippen MR) is 132 cm³/mol. The van der Waals surface area contributed by atoms with Crippen molar-refractivity contribution in [2.75, 3.05) is 5.32 Å². The highest BCUT2D eigenvalue weighted by Gasteiger charge is 2.26. The van der Waals surface area contributed by atoms with E-state index in [9.17, 15) is 18.0 Å². The zero-order valence-corrected chi connectivity index (χ0v) is 20.3. The maximum Gasteiger partial charge on any atom is 0.238 e. The second kappa shape index (κ2) is 11.3. The lowest BCUT2D eigenvalue weighted by atomic mass is 10.2. The fraction of sp³-hybridized carbons (Fsp3) is 0.192. The summed E-state index contributed by atoms with van der Waals surface area (Å²) in [7, 11) is 0. The van der Waals surface area contributed by atoms with E-state index in [1.54, 1.807) is 11.5 Å². The summed E-state index contributed by atoms with van der Waals surface area (Å²) in [6.45, 7) is 3.62. The van der Waals surface area contributed by atoms with Crippen LogP contribution >= 0.6 is 11.8 Å². The first-order valence-electron chi connectivity index (χ1n) is 11.2. The SMILES string of the molecule is CCC(Sc1nnc(C(C)Oc2ccc(F)cc2)n1-c1ccccc1)C(=O)Nc1ccc(F)cc1F. The van der Waals surface area contributed by atoms with Gasteiger partial charge in [0.2, 0.25) is 5.91 Å². The molecular weight excluding hydrogens is 489 g/mol.